The van der Waals surface area contributed by atoms with Gasteiger partial charge in [-0.25, -0.2) is 0 Å². The molecular weight excluding hydrogens is 214 g/mol. The van der Waals surface area contributed by atoms with E-state index in [-0.39, 0.29) is 11.8 Å². The number of amides is 1. The number of hydrogen-bond acceptors (Lipinski definition) is 3. The fraction of sp³-hybridized carbons (Fsp3) is 0.538. The summed E-state index contributed by atoms with van der Waals surface area (Å²) in [4.78, 5) is 18.4. The molecule has 1 aliphatic heterocycles. The van der Waals surface area contributed by atoms with Gasteiger partial charge in [0, 0.05) is 43.9 Å². The Labute approximate surface area is 102 Å². The lowest BCUT2D eigenvalue weighted by atomic mass is 10.0. The van der Waals surface area contributed by atoms with E-state index in [0.717, 1.165) is 25.2 Å². The molecule has 1 unspecified atom stereocenters. The smallest absolute Gasteiger partial charge is 0.226 e. The number of hydrogen-bond donors (Lipinski definition) is 1. The lowest BCUT2D eigenvalue weighted by Crippen LogP contribution is -2.41. The summed E-state index contributed by atoms with van der Waals surface area (Å²) in [6.45, 7) is 4.19. The quantitative estimate of drug-likeness (QED) is 0.840. The van der Waals surface area contributed by atoms with Crippen molar-refractivity contribution in [3.63, 3.8) is 0 Å². The number of carbonyl (C=O) groups excluding carboxylic acids is 1. The molecule has 0 aliphatic carbocycles. The van der Waals surface area contributed by atoms with Gasteiger partial charge < -0.3 is 10.2 Å². The van der Waals surface area contributed by atoms with E-state index in [0.29, 0.717) is 6.54 Å². The van der Waals surface area contributed by atoms with Crippen LogP contribution in [0.2, 0.25) is 0 Å². The summed E-state index contributed by atoms with van der Waals surface area (Å²) in [6.07, 6.45) is 2.69. The number of pyridine rings is 1. The van der Waals surface area contributed by atoms with Crippen LogP contribution in [-0.4, -0.2) is 35.9 Å². The lowest BCUT2D eigenvalue weighted by molar-refractivity contribution is -0.135. The maximum Gasteiger partial charge on any atom is 0.226 e. The van der Waals surface area contributed by atoms with Crippen molar-refractivity contribution in [3.8, 4) is 0 Å². The molecule has 17 heavy (non-hydrogen) atoms. The van der Waals surface area contributed by atoms with Crippen LogP contribution >= 0.6 is 0 Å². The van der Waals surface area contributed by atoms with E-state index in [4.69, 9.17) is 0 Å². The second-order valence-electron chi connectivity index (χ2n) is 4.58. The van der Waals surface area contributed by atoms with Gasteiger partial charge in [0.1, 0.15) is 0 Å². The molecule has 0 saturated heterocycles. The highest BCUT2D eigenvalue weighted by molar-refractivity contribution is 5.79. The molecule has 1 aromatic rings. The third-order valence-electron chi connectivity index (χ3n) is 3.21. The van der Waals surface area contributed by atoms with E-state index in [1.807, 2.05) is 31.1 Å². The van der Waals surface area contributed by atoms with Crippen molar-refractivity contribution in [3.05, 3.63) is 29.6 Å². The second-order valence-corrected chi connectivity index (χ2v) is 4.58. The van der Waals surface area contributed by atoms with Crippen molar-refractivity contribution in [1.29, 1.82) is 0 Å². The van der Waals surface area contributed by atoms with Crippen LogP contribution in [0, 0.1) is 5.92 Å². The average Bonchev–Trinajstić information content (AvgIpc) is 2.37. The molecule has 0 aromatic carbocycles. The molecule has 0 fully saturated rings. The molecule has 2 heterocycles. The van der Waals surface area contributed by atoms with Crippen molar-refractivity contribution in [2.75, 3.05) is 20.1 Å². The van der Waals surface area contributed by atoms with Crippen LogP contribution in [0.3, 0.4) is 0 Å². The molecule has 1 amide bonds. The SMILES string of the molecule is CNCC(C)C(=O)N1CCc2ncccc2C1. The second kappa shape index (κ2) is 5.27. The molecule has 0 bridgehead atoms. The van der Waals surface area contributed by atoms with Gasteiger partial charge in [0.05, 0.1) is 0 Å². The van der Waals surface area contributed by atoms with Gasteiger partial charge in [0.25, 0.3) is 0 Å². The molecule has 4 nitrogen and oxygen atoms in total. The zero-order valence-electron chi connectivity index (χ0n) is 10.4. The molecule has 1 atom stereocenters. The van der Waals surface area contributed by atoms with Gasteiger partial charge in [0.2, 0.25) is 5.91 Å². The van der Waals surface area contributed by atoms with Gasteiger partial charge in [-0.2, -0.15) is 0 Å². The molecular formula is C13H19N3O. The maximum absolute atomic E-state index is 12.2. The summed E-state index contributed by atoms with van der Waals surface area (Å²) in [6, 6.07) is 3.99. The molecule has 4 heteroatoms. The molecule has 0 spiro atoms. The minimum absolute atomic E-state index is 0.0400. The molecule has 1 aromatic heterocycles. The first kappa shape index (κ1) is 12.0. The number of aromatic nitrogens is 1. The Kier molecular flexibility index (Phi) is 3.74. The van der Waals surface area contributed by atoms with Gasteiger partial charge in [-0.3, -0.25) is 9.78 Å². The Morgan fingerprint density at radius 3 is 3.24 bits per heavy atom. The van der Waals surface area contributed by atoms with Crippen molar-refractivity contribution in [1.82, 2.24) is 15.2 Å². The predicted octanol–water partition coefficient (Wildman–Crippen LogP) is 0.822. The van der Waals surface area contributed by atoms with Crippen LogP contribution in [0.5, 0.6) is 0 Å². The van der Waals surface area contributed by atoms with Gasteiger partial charge in [-0.05, 0) is 18.7 Å². The highest BCUT2D eigenvalue weighted by atomic mass is 16.2. The summed E-state index contributed by atoms with van der Waals surface area (Å²) in [7, 11) is 1.87. The zero-order valence-corrected chi connectivity index (χ0v) is 10.4. The van der Waals surface area contributed by atoms with Crippen molar-refractivity contribution < 1.29 is 4.79 Å². The first-order chi connectivity index (χ1) is 8.22. The summed E-state index contributed by atoms with van der Waals surface area (Å²) >= 11 is 0. The Balaban J connectivity index is 2.05. The Hall–Kier alpha value is -1.42. The van der Waals surface area contributed by atoms with Gasteiger partial charge in [-0.1, -0.05) is 13.0 Å². The molecule has 92 valence electrons. The maximum atomic E-state index is 12.2. The van der Waals surface area contributed by atoms with Gasteiger partial charge >= 0.3 is 0 Å². The Bertz CT molecular complexity index is 405. The highest BCUT2D eigenvalue weighted by Crippen LogP contribution is 2.17. The molecule has 1 N–H and O–H groups in total. The standard InChI is InChI=1S/C13H19N3O/c1-10(8-14-2)13(17)16-7-5-12-11(9-16)4-3-6-15-12/h3-4,6,10,14H,5,7-9H2,1-2H3. The summed E-state index contributed by atoms with van der Waals surface area (Å²) in [5.41, 5.74) is 2.32. The van der Waals surface area contributed by atoms with Crippen molar-refractivity contribution >= 4 is 5.91 Å². The van der Waals surface area contributed by atoms with E-state index in [2.05, 4.69) is 16.4 Å². The number of carbonyl (C=O) groups is 1. The third kappa shape index (κ3) is 2.64. The normalized spacial score (nSPS) is 16.5. The van der Waals surface area contributed by atoms with E-state index < -0.39 is 0 Å². The highest BCUT2D eigenvalue weighted by Gasteiger charge is 2.24. The van der Waals surface area contributed by atoms with E-state index in [9.17, 15) is 4.79 Å². The third-order valence-corrected chi connectivity index (χ3v) is 3.21. The van der Waals surface area contributed by atoms with Crippen molar-refractivity contribution in [2.45, 2.75) is 19.9 Å². The van der Waals surface area contributed by atoms with Gasteiger partial charge in [0.15, 0.2) is 0 Å². The average molecular weight is 233 g/mol. The Morgan fingerprint density at radius 1 is 1.65 bits per heavy atom. The fourth-order valence-corrected chi connectivity index (χ4v) is 2.26. The zero-order chi connectivity index (χ0) is 12.3. The monoisotopic (exact) mass is 233 g/mol. The van der Waals surface area contributed by atoms with Gasteiger partial charge in [-0.15, -0.1) is 0 Å². The molecule has 0 radical (unpaired) electrons. The van der Waals surface area contributed by atoms with Crippen LogP contribution in [0.1, 0.15) is 18.2 Å². The van der Waals surface area contributed by atoms with E-state index >= 15 is 0 Å². The van der Waals surface area contributed by atoms with E-state index in [1.54, 1.807) is 0 Å². The molecule has 0 saturated carbocycles. The minimum atomic E-state index is 0.0400. The van der Waals surface area contributed by atoms with Crippen LogP contribution in [0.4, 0.5) is 0 Å². The number of rotatable bonds is 3. The first-order valence-corrected chi connectivity index (χ1v) is 6.08. The number of nitrogens with one attached hydrogen (secondary N) is 1. The minimum Gasteiger partial charge on any atom is -0.338 e. The molecule has 1 aliphatic rings. The first-order valence-electron chi connectivity index (χ1n) is 6.08. The van der Waals surface area contributed by atoms with Crippen LogP contribution < -0.4 is 5.32 Å². The van der Waals surface area contributed by atoms with Crippen LogP contribution in [0.25, 0.3) is 0 Å². The Morgan fingerprint density at radius 2 is 2.47 bits per heavy atom. The molecule has 2 rings (SSSR count). The summed E-state index contributed by atoms with van der Waals surface area (Å²) in [5.74, 6) is 0.270. The van der Waals surface area contributed by atoms with Crippen LogP contribution in [-0.2, 0) is 17.8 Å². The fourth-order valence-electron chi connectivity index (χ4n) is 2.26. The van der Waals surface area contributed by atoms with E-state index in [1.165, 1.54) is 5.56 Å². The van der Waals surface area contributed by atoms with Crippen molar-refractivity contribution in [2.24, 2.45) is 5.92 Å². The van der Waals surface area contributed by atoms with Crippen LogP contribution in [0.15, 0.2) is 18.3 Å². The topological polar surface area (TPSA) is 45.2 Å². The number of fused-ring (bicyclic) bond motifs is 1. The largest absolute Gasteiger partial charge is 0.338 e. The lowest BCUT2D eigenvalue weighted by Gasteiger charge is -2.30. The summed E-state index contributed by atoms with van der Waals surface area (Å²) in [5, 5.41) is 3.05. The summed E-state index contributed by atoms with van der Waals surface area (Å²) < 4.78 is 0. The predicted molar refractivity (Wildman–Crippen MR) is 66.4 cm³/mol. The number of nitrogens with zero attached hydrogens (tertiary/aromatic N) is 2.